The van der Waals surface area contributed by atoms with Gasteiger partial charge in [-0.1, -0.05) is 6.07 Å². The Morgan fingerprint density at radius 3 is 2.42 bits per heavy atom. The van der Waals surface area contributed by atoms with Crippen LogP contribution in [0.1, 0.15) is 5.56 Å². The van der Waals surface area contributed by atoms with Gasteiger partial charge in [0.15, 0.2) is 0 Å². The van der Waals surface area contributed by atoms with E-state index in [-0.39, 0.29) is 17.8 Å². The normalized spacial score (nSPS) is 9.92. The van der Waals surface area contributed by atoms with Crippen molar-refractivity contribution < 1.29 is 20.3 Å². The summed E-state index contributed by atoms with van der Waals surface area (Å²) in [5.74, 6) is -0.0599. The first-order chi connectivity index (χ1) is 5.65. The largest absolute Gasteiger partial charge is 0.508 e. The van der Waals surface area contributed by atoms with Gasteiger partial charge in [0.1, 0.15) is 5.75 Å². The molecule has 4 nitrogen and oxygen atoms in total. The molecule has 0 spiro atoms. The van der Waals surface area contributed by atoms with E-state index in [1.165, 1.54) is 18.2 Å². The molecule has 0 saturated heterocycles. The van der Waals surface area contributed by atoms with Crippen LogP contribution in [0.4, 0.5) is 0 Å². The summed E-state index contributed by atoms with van der Waals surface area (Å²) in [6.45, 7) is -0.284. The van der Waals surface area contributed by atoms with Gasteiger partial charge in [0.05, 0.1) is 6.61 Å². The van der Waals surface area contributed by atoms with Gasteiger partial charge in [-0.15, -0.1) is 0 Å². The van der Waals surface area contributed by atoms with Crippen LogP contribution < -0.4 is 5.46 Å². The Balaban J connectivity index is 3.12. The third-order valence-corrected chi connectivity index (χ3v) is 1.58. The molecule has 0 fully saturated rings. The van der Waals surface area contributed by atoms with E-state index in [4.69, 9.17) is 20.3 Å². The number of aliphatic hydroxyl groups is 1. The standard InChI is InChI=1S/C7H9BO4/c9-4-5-1-2-6(10)3-7(5)8(11)12/h1-3,9-12H,4H2. The van der Waals surface area contributed by atoms with Crippen LogP contribution in [-0.4, -0.2) is 27.4 Å². The van der Waals surface area contributed by atoms with Crippen molar-refractivity contribution in [2.75, 3.05) is 0 Å². The molecule has 0 radical (unpaired) electrons. The van der Waals surface area contributed by atoms with Crippen molar-refractivity contribution in [2.45, 2.75) is 6.61 Å². The van der Waals surface area contributed by atoms with Crippen LogP contribution in [0.25, 0.3) is 0 Å². The molecule has 0 aromatic heterocycles. The van der Waals surface area contributed by atoms with Gasteiger partial charge >= 0.3 is 7.12 Å². The van der Waals surface area contributed by atoms with E-state index in [9.17, 15) is 0 Å². The molecule has 0 heterocycles. The summed E-state index contributed by atoms with van der Waals surface area (Å²) in [4.78, 5) is 0. The smallest absolute Gasteiger partial charge is 0.488 e. The molecule has 0 aliphatic heterocycles. The lowest BCUT2D eigenvalue weighted by molar-refractivity contribution is 0.282. The lowest BCUT2D eigenvalue weighted by Gasteiger charge is -2.05. The number of rotatable bonds is 2. The monoisotopic (exact) mass is 168 g/mol. The van der Waals surface area contributed by atoms with E-state index in [1.54, 1.807) is 0 Å². The van der Waals surface area contributed by atoms with E-state index in [1.807, 2.05) is 0 Å². The summed E-state index contributed by atoms with van der Waals surface area (Å²) >= 11 is 0. The van der Waals surface area contributed by atoms with Crippen molar-refractivity contribution in [1.29, 1.82) is 0 Å². The molecule has 5 heteroatoms. The van der Waals surface area contributed by atoms with E-state index in [0.29, 0.717) is 5.56 Å². The summed E-state index contributed by atoms with van der Waals surface area (Å²) in [5.41, 5.74) is 0.514. The van der Waals surface area contributed by atoms with Crippen LogP contribution in [0.5, 0.6) is 5.75 Å². The summed E-state index contributed by atoms with van der Waals surface area (Å²) in [6.07, 6.45) is 0. The minimum absolute atomic E-state index is 0.0599. The third kappa shape index (κ3) is 1.76. The van der Waals surface area contributed by atoms with Gasteiger partial charge in [-0.05, 0) is 23.2 Å². The topological polar surface area (TPSA) is 80.9 Å². The van der Waals surface area contributed by atoms with E-state index in [2.05, 4.69) is 0 Å². The fourth-order valence-corrected chi connectivity index (χ4v) is 0.967. The summed E-state index contributed by atoms with van der Waals surface area (Å²) in [5, 5.41) is 35.3. The fraction of sp³-hybridized carbons (Fsp3) is 0.143. The molecule has 0 unspecified atom stereocenters. The molecular weight excluding hydrogens is 159 g/mol. The minimum atomic E-state index is -1.67. The van der Waals surface area contributed by atoms with Gasteiger partial charge < -0.3 is 20.3 Å². The first kappa shape index (κ1) is 9.06. The minimum Gasteiger partial charge on any atom is -0.508 e. The molecule has 1 aromatic rings. The second kappa shape index (κ2) is 3.58. The number of phenolic OH excluding ortho intramolecular Hbond substituents is 1. The highest BCUT2D eigenvalue weighted by atomic mass is 16.4. The maximum atomic E-state index is 8.98. The number of hydrogen-bond acceptors (Lipinski definition) is 4. The molecule has 0 aliphatic rings. The molecule has 12 heavy (non-hydrogen) atoms. The Morgan fingerprint density at radius 1 is 1.25 bits per heavy atom. The van der Waals surface area contributed by atoms with Crippen LogP contribution in [0, 0.1) is 0 Å². The highest BCUT2D eigenvalue weighted by Crippen LogP contribution is 2.07. The van der Waals surface area contributed by atoms with E-state index < -0.39 is 7.12 Å². The molecule has 1 aromatic carbocycles. The third-order valence-electron chi connectivity index (χ3n) is 1.58. The Hall–Kier alpha value is -1.04. The van der Waals surface area contributed by atoms with Gasteiger partial charge in [-0.2, -0.15) is 0 Å². The zero-order valence-corrected chi connectivity index (χ0v) is 6.31. The summed E-state index contributed by atoms with van der Waals surface area (Å²) < 4.78 is 0. The molecule has 1 rings (SSSR count). The van der Waals surface area contributed by atoms with Crippen LogP contribution in [-0.2, 0) is 6.61 Å². The number of hydrogen-bond donors (Lipinski definition) is 4. The van der Waals surface area contributed by atoms with Crippen molar-refractivity contribution in [2.24, 2.45) is 0 Å². The number of benzene rings is 1. The van der Waals surface area contributed by atoms with Crippen LogP contribution in [0.3, 0.4) is 0 Å². The average molecular weight is 168 g/mol. The molecule has 64 valence electrons. The zero-order chi connectivity index (χ0) is 9.14. The van der Waals surface area contributed by atoms with E-state index >= 15 is 0 Å². The number of aliphatic hydroxyl groups excluding tert-OH is 1. The quantitative estimate of drug-likeness (QED) is 0.408. The molecule has 0 bridgehead atoms. The van der Waals surface area contributed by atoms with Crippen molar-refractivity contribution in [3.8, 4) is 5.75 Å². The lowest BCUT2D eigenvalue weighted by Crippen LogP contribution is -2.32. The van der Waals surface area contributed by atoms with Gasteiger partial charge in [-0.3, -0.25) is 0 Å². The predicted molar refractivity (Wildman–Crippen MR) is 43.9 cm³/mol. The second-order valence-corrected chi connectivity index (χ2v) is 2.41. The Morgan fingerprint density at radius 2 is 1.92 bits per heavy atom. The first-order valence-corrected chi connectivity index (χ1v) is 3.44. The van der Waals surface area contributed by atoms with Gasteiger partial charge in [0.25, 0.3) is 0 Å². The lowest BCUT2D eigenvalue weighted by atomic mass is 9.77. The SMILES string of the molecule is OCc1ccc(O)cc1B(O)O. The van der Waals surface area contributed by atoms with Crippen molar-refractivity contribution in [3.05, 3.63) is 23.8 Å². The number of phenols is 1. The van der Waals surface area contributed by atoms with Crippen molar-refractivity contribution >= 4 is 12.6 Å². The van der Waals surface area contributed by atoms with E-state index in [0.717, 1.165) is 0 Å². The molecule has 0 atom stereocenters. The average Bonchev–Trinajstić information content (AvgIpc) is 2.04. The fourth-order valence-electron chi connectivity index (χ4n) is 0.967. The molecule has 0 amide bonds. The highest BCUT2D eigenvalue weighted by Gasteiger charge is 2.15. The predicted octanol–water partition coefficient (Wildman–Crippen LogP) is -1.44. The van der Waals surface area contributed by atoms with Crippen molar-refractivity contribution in [3.63, 3.8) is 0 Å². The number of aromatic hydroxyl groups is 1. The van der Waals surface area contributed by atoms with Gasteiger partial charge in [-0.25, -0.2) is 0 Å². The summed E-state index contributed by atoms with van der Waals surface area (Å²) in [7, 11) is -1.67. The summed E-state index contributed by atoms with van der Waals surface area (Å²) in [6, 6.07) is 4.01. The Bertz CT molecular complexity index is 274. The Labute approximate surface area is 69.9 Å². The van der Waals surface area contributed by atoms with Crippen LogP contribution in [0.15, 0.2) is 18.2 Å². The van der Waals surface area contributed by atoms with Crippen LogP contribution in [0.2, 0.25) is 0 Å². The maximum absolute atomic E-state index is 8.98. The first-order valence-electron chi connectivity index (χ1n) is 3.44. The second-order valence-electron chi connectivity index (χ2n) is 2.41. The molecule has 0 aliphatic carbocycles. The molecule has 4 N–H and O–H groups in total. The maximum Gasteiger partial charge on any atom is 0.488 e. The molecular formula is C7H9BO4. The zero-order valence-electron chi connectivity index (χ0n) is 6.31. The van der Waals surface area contributed by atoms with Crippen molar-refractivity contribution in [1.82, 2.24) is 0 Å². The van der Waals surface area contributed by atoms with Crippen LogP contribution >= 0.6 is 0 Å². The highest BCUT2D eigenvalue weighted by molar-refractivity contribution is 6.59. The Kier molecular flexibility index (Phi) is 2.70. The van der Waals surface area contributed by atoms with Gasteiger partial charge in [0.2, 0.25) is 0 Å². The molecule has 0 saturated carbocycles. The van der Waals surface area contributed by atoms with Gasteiger partial charge in [0, 0.05) is 0 Å².